The lowest BCUT2D eigenvalue weighted by Gasteiger charge is -2.29. The maximum absolute atomic E-state index is 11.6. The summed E-state index contributed by atoms with van der Waals surface area (Å²) in [7, 11) is 1.42. The number of esters is 1. The zero-order chi connectivity index (χ0) is 11.4. The van der Waals surface area contributed by atoms with Gasteiger partial charge in [-0.15, -0.1) is 11.8 Å². The number of rotatable bonds is 2. The second-order valence-electron chi connectivity index (χ2n) is 3.52. The number of hydrogen-bond acceptors (Lipinski definition) is 4. The van der Waals surface area contributed by atoms with Gasteiger partial charge in [-0.2, -0.15) is 0 Å². The Bertz CT molecular complexity index is 353. The molecule has 0 unspecified atom stereocenters. The predicted octanol–water partition coefficient (Wildman–Crippen LogP) is 2.03. The number of hydrogen-bond donors (Lipinski definition) is 0. The Morgan fingerprint density at radius 3 is 2.88 bits per heavy atom. The molecule has 4 heteroatoms. The summed E-state index contributed by atoms with van der Waals surface area (Å²) in [6, 6.07) is 9.81. The van der Waals surface area contributed by atoms with Crippen molar-refractivity contribution < 1.29 is 14.3 Å². The molecular weight excluding hydrogens is 224 g/mol. The van der Waals surface area contributed by atoms with Gasteiger partial charge in [0, 0.05) is 5.75 Å². The Morgan fingerprint density at radius 1 is 1.44 bits per heavy atom. The fraction of sp³-hybridized carbons (Fsp3) is 0.417. The number of methoxy groups -OCH3 is 1. The Morgan fingerprint density at radius 2 is 2.19 bits per heavy atom. The van der Waals surface area contributed by atoms with E-state index >= 15 is 0 Å². The van der Waals surface area contributed by atoms with Gasteiger partial charge in [-0.05, 0) is 5.56 Å². The van der Waals surface area contributed by atoms with Crippen molar-refractivity contribution in [2.24, 2.45) is 0 Å². The molecule has 1 aromatic rings. The predicted molar refractivity (Wildman–Crippen MR) is 63.4 cm³/mol. The fourth-order valence-corrected chi connectivity index (χ4v) is 2.84. The molecule has 1 saturated heterocycles. The second kappa shape index (κ2) is 5.37. The van der Waals surface area contributed by atoms with Crippen molar-refractivity contribution in [1.29, 1.82) is 0 Å². The highest BCUT2D eigenvalue weighted by Gasteiger charge is 2.34. The van der Waals surface area contributed by atoms with Crippen molar-refractivity contribution >= 4 is 17.7 Å². The first-order valence-electron chi connectivity index (χ1n) is 5.19. The number of carbonyl (C=O) groups excluding carboxylic acids is 1. The van der Waals surface area contributed by atoms with Gasteiger partial charge in [0.1, 0.15) is 11.4 Å². The summed E-state index contributed by atoms with van der Waals surface area (Å²) in [6.07, 6.45) is -0.188. The van der Waals surface area contributed by atoms with Crippen LogP contribution in [-0.4, -0.2) is 30.7 Å². The highest BCUT2D eigenvalue weighted by Crippen LogP contribution is 2.34. The summed E-state index contributed by atoms with van der Waals surface area (Å²) < 4.78 is 10.5. The molecule has 1 fully saturated rings. The van der Waals surface area contributed by atoms with Crippen LogP contribution in [0, 0.1) is 0 Å². The molecule has 0 radical (unpaired) electrons. The first kappa shape index (κ1) is 11.5. The van der Waals surface area contributed by atoms with Crippen LogP contribution in [-0.2, 0) is 14.3 Å². The summed E-state index contributed by atoms with van der Waals surface area (Å²) in [5.74, 6) is 0.627. The molecule has 3 nitrogen and oxygen atoms in total. The molecule has 2 rings (SSSR count). The van der Waals surface area contributed by atoms with Gasteiger partial charge in [0.05, 0.1) is 13.7 Å². The Balaban J connectivity index is 2.20. The van der Waals surface area contributed by atoms with E-state index in [0.29, 0.717) is 6.61 Å². The van der Waals surface area contributed by atoms with E-state index in [1.165, 1.54) is 7.11 Å². The van der Waals surface area contributed by atoms with Crippen molar-refractivity contribution in [3.8, 4) is 0 Å². The molecule has 0 aliphatic carbocycles. The van der Waals surface area contributed by atoms with E-state index in [1.807, 2.05) is 30.3 Å². The van der Waals surface area contributed by atoms with E-state index in [-0.39, 0.29) is 17.3 Å². The van der Waals surface area contributed by atoms with E-state index < -0.39 is 0 Å². The molecule has 0 aromatic heterocycles. The van der Waals surface area contributed by atoms with Gasteiger partial charge in [-0.1, -0.05) is 30.3 Å². The molecule has 0 bridgehead atoms. The van der Waals surface area contributed by atoms with Crippen LogP contribution in [0.2, 0.25) is 0 Å². The summed E-state index contributed by atoms with van der Waals surface area (Å²) in [6.45, 7) is 0.678. The van der Waals surface area contributed by atoms with Gasteiger partial charge in [-0.3, -0.25) is 4.79 Å². The molecule has 2 atom stereocenters. The van der Waals surface area contributed by atoms with Crippen LogP contribution in [0.1, 0.15) is 11.7 Å². The van der Waals surface area contributed by atoms with Crippen molar-refractivity contribution in [2.45, 2.75) is 11.4 Å². The van der Waals surface area contributed by atoms with Crippen molar-refractivity contribution in [1.82, 2.24) is 0 Å². The maximum Gasteiger partial charge on any atom is 0.321 e. The number of benzene rings is 1. The highest BCUT2D eigenvalue weighted by molar-refractivity contribution is 8.00. The molecule has 1 aromatic carbocycles. The second-order valence-corrected chi connectivity index (χ2v) is 4.77. The maximum atomic E-state index is 11.6. The Kier molecular flexibility index (Phi) is 3.85. The molecule has 0 saturated carbocycles. The minimum Gasteiger partial charge on any atom is -0.468 e. The van der Waals surface area contributed by atoms with Crippen LogP contribution in [0.5, 0.6) is 0 Å². The van der Waals surface area contributed by atoms with Gasteiger partial charge in [0.2, 0.25) is 0 Å². The minimum absolute atomic E-state index is 0.188. The van der Waals surface area contributed by atoms with E-state index in [9.17, 15) is 4.79 Å². The quantitative estimate of drug-likeness (QED) is 0.739. The minimum atomic E-state index is -0.249. The van der Waals surface area contributed by atoms with Crippen molar-refractivity contribution in [3.63, 3.8) is 0 Å². The van der Waals surface area contributed by atoms with Crippen LogP contribution in [0.15, 0.2) is 30.3 Å². The molecule has 0 N–H and O–H groups in total. The van der Waals surface area contributed by atoms with Crippen molar-refractivity contribution in [3.05, 3.63) is 35.9 Å². The third kappa shape index (κ3) is 2.39. The zero-order valence-electron chi connectivity index (χ0n) is 9.09. The van der Waals surface area contributed by atoms with Crippen LogP contribution in [0.3, 0.4) is 0 Å². The Labute approximate surface area is 99.1 Å². The van der Waals surface area contributed by atoms with Gasteiger partial charge < -0.3 is 9.47 Å². The van der Waals surface area contributed by atoms with E-state index in [2.05, 4.69) is 0 Å². The molecule has 86 valence electrons. The van der Waals surface area contributed by atoms with E-state index in [1.54, 1.807) is 11.8 Å². The number of ether oxygens (including phenoxy) is 2. The molecule has 1 heterocycles. The highest BCUT2D eigenvalue weighted by atomic mass is 32.2. The topological polar surface area (TPSA) is 35.5 Å². The number of thioether (sulfide) groups is 1. The normalized spacial score (nSPS) is 25.1. The molecule has 16 heavy (non-hydrogen) atoms. The summed E-state index contributed by atoms with van der Waals surface area (Å²) >= 11 is 1.60. The molecule has 0 spiro atoms. The van der Waals surface area contributed by atoms with Crippen LogP contribution >= 0.6 is 11.8 Å². The van der Waals surface area contributed by atoms with Crippen LogP contribution in [0.25, 0.3) is 0 Å². The molecule has 0 amide bonds. The van der Waals surface area contributed by atoms with Crippen LogP contribution < -0.4 is 0 Å². The molecule has 1 aliphatic heterocycles. The molecule has 1 aliphatic rings. The smallest absolute Gasteiger partial charge is 0.321 e. The first-order valence-corrected chi connectivity index (χ1v) is 6.24. The fourth-order valence-electron chi connectivity index (χ4n) is 1.75. The third-order valence-electron chi connectivity index (χ3n) is 2.51. The number of carbonyl (C=O) groups is 1. The van der Waals surface area contributed by atoms with E-state index in [4.69, 9.17) is 9.47 Å². The average Bonchev–Trinajstić information content (AvgIpc) is 2.39. The third-order valence-corrected chi connectivity index (χ3v) is 3.72. The average molecular weight is 238 g/mol. The zero-order valence-corrected chi connectivity index (χ0v) is 9.91. The van der Waals surface area contributed by atoms with Gasteiger partial charge in [0.15, 0.2) is 0 Å². The molecular formula is C12H14O3S. The largest absolute Gasteiger partial charge is 0.468 e. The van der Waals surface area contributed by atoms with Gasteiger partial charge in [0.25, 0.3) is 0 Å². The standard InChI is InChI=1S/C12H14O3S/c1-14-12(13)11-10(15-7-8-16-11)9-5-3-2-4-6-9/h2-6,10-11H,7-8H2,1H3/t10-,11+/m1/s1. The van der Waals surface area contributed by atoms with E-state index in [0.717, 1.165) is 11.3 Å². The van der Waals surface area contributed by atoms with Crippen LogP contribution in [0.4, 0.5) is 0 Å². The van der Waals surface area contributed by atoms with Gasteiger partial charge in [-0.25, -0.2) is 0 Å². The lowest BCUT2D eigenvalue weighted by atomic mass is 10.1. The Hall–Kier alpha value is -1.00. The monoisotopic (exact) mass is 238 g/mol. The first-order chi connectivity index (χ1) is 7.83. The van der Waals surface area contributed by atoms with Gasteiger partial charge >= 0.3 is 5.97 Å². The summed E-state index contributed by atoms with van der Waals surface area (Å²) in [5, 5.41) is -0.249. The SMILES string of the molecule is COC(=O)[C@H]1SCCO[C@@H]1c1ccccc1. The summed E-state index contributed by atoms with van der Waals surface area (Å²) in [5.41, 5.74) is 1.03. The lowest BCUT2D eigenvalue weighted by Crippen LogP contribution is -2.33. The summed E-state index contributed by atoms with van der Waals surface area (Å²) in [4.78, 5) is 11.6. The van der Waals surface area contributed by atoms with Crippen molar-refractivity contribution in [2.75, 3.05) is 19.5 Å². The lowest BCUT2D eigenvalue weighted by molar-refractivity contribution is -0.143.